The van der Waals surface area contributed by atoms with Gasteiger partial charge in [-0.3, -0.25) is 0 Å². The molecule has 0 heterocycles. The fraction of sp³-hybridized carbons (Fsp3) is 0.143. The summed E-state index contributed by atoms with van der Waals surface area (Å²) in [5.41, 5.74) is 1.81. The van der Waals surface area contributed by atoms with E-state index in [1.807, 2.05) is 26.0 Å². The highest BCUT2D eigenvalue weighted by Gasteiger charge is 2.12. The van der Waals surface area contributed by atoms with Crippen LogP contribution in [-0.4, -0.2) is 8.42 Å². The highest BCUT2D eigenvalue weighted by Crippen LogP contribution is 2.34. The summed E-state index contributed by atoms with van der Waals surface area (Å²) in [4.78, 5) is 0.0187. The summed E-state index contributed by atoms with van der Waals surface area (Å²) in [5.74, 6) is 1.11. The molecule has 2 rings (SSSR count). The molecule has 0 unspecified atom stereocenters. The fourth-order valence-corrected chi connectivity index (χ4v) is 3.09. The molecule has 0 aliphatic carbocycles. The molecule has 2 aromatic rings. The monoisotopic (exact) mass is 389 g/mol. The molecule has 112 valence electrons. The molecule has 0 aliphatic heterocycles. The Balaban J connectivity index is 2.37. The molecule has 0 atom stereocenters. The molecule has 0 saturated heterocycles. The summed E-state index contributed by atoms with van der Waals surface area (Å²) in [5, 5.41) is 5.78. The van der Waals surface area contributed by atoms with Crippen LogP contribution < -0.4 is 9.88 Å². The summed E-state index contributed by atoms with van der Waals surface area (Å²) in [6.45, 7) is 3.78. The number of ether oxygens (including phenoxy) is 1. The minimum atomic E-state index is -3.74. The average molecular weight is 391 g/mol. The van der Waals surface area contributed by atoms with E-state index in [0.29, 0.717) is 21.0 Å². The quantitative estimate of drug-likeness (QED) is 0.855. The van der Waals surface area contributed by atoms with Crippen LogP contribution >= 0.6 is 27.5 Å². The summed E-state index contributed by atoms with van der Waals surface area (Å²) in [7, 11) is -3.74. The van der Waals surface area contributed by atoms with E-state index in [2.05, 4.69) is 15.9 Å². The van der Waals surface area contributed by atoms with E-state index in [9.17, 15) is 8.42 Å². The van der Waals surface area contributed by atoms with E-state index in [0.717, 1.165) is 11.1 Å². The van der Waals surface area contributed by atoms with Gasteiger partial charge in [-0.25, -0.2) is 13.6 Å². The van der Waals surface area contributed by atoms with Gasteiger partial charge in [0.15, 0.2) is 0 Å². The largest absolute Gasteiger partial charge is 0.456 e. The minimum Gasteiger partial charge on any atom is -0.456 e. The standard InChI is InChI=1S/C14H13BrClNO3S/c1-8-5-10(6-9(2)14(8)16)20-13-4-3-11(7-12(13)15)21(17,18)19/h3-7H,1-2H3,(H2,17,18,19). The van der Waals surface area contributed by atoms with Crippen LogP contribution in [0, 0.1) is 13.8 Å². The molecule has 0 amide bonds. The van der Waals surface area contributed by atoms with Crippen LogP contribution in [0.2, 0.25) is 5.02 Å². The van der Waals surface area contributed by atoms with Gasteiger partial charge >= 0.3 is 0 Å². The minimum absolute atomic E-state index is 0.0187. The van der Waals surface area contributed by atoms with Crippen molar-refractivity contribution in [1.29, 1.82) is 0 Å². The number of nitrogens with two attached hydrogens (primary N) is 1. The van der Waals surface area contributed by atoms with Crippen LogP contribution in [-0.2, 0) is 10.0 Å². The number of benzene rings is 2. The van der Waals surface area contributed by atoms with Crippen molar-refractivity contribution in [1.82, 2.24) is 0 Å². The molecule has 0 saturated carbocycles. The third-order valence-corrected chi connectivity index (χ3v) is 5.00. The summed E-state index contributed by atoms with van der Waals surface area (Å²) >= 11 is 9.39. The predicted molar refractivity (Wildman–Crippen MR) is 86.5 cm³/mol. The first-order valence-corrected chi connectivity index (χ1v) is 8.67. The summed E-state index contributed by atoms with van der Waals surface area (Å²) in [6, 6.07) is 7.97. The number of aryl methyl sites for hydroxylation is 2. The molecule has 0 spiro atoms. The van der Waals surface area contributed by atoms with Gasteiger partial charge in [0.2, 0.25) is 10.0 Å². The Morgan fingerprint density at radius 2 is 1.71 bits per heavy atom. The zero-order valence-electron chi connectivity index (χ0n) is 11.4. The number of hydrogen-bond donors (Lipinski definition) is 1. The van der Waals surface area contributed by atoms with E-state index in [4.69, 9.17) is 21.5 Å². The number of sulfonamides is 1. The van der Waals surface area contributed by atoms with E-state index in [-0.39, 0.29) is 4.90 Å². The maximum Gasteiger partial charge on any atom is 0.238 e. The second-order valence-corrected chi connectivity index (χ2v) is 7.40. The van der Waals surface area contributed by atoms with Gasteiger partial charge in [0.05, 0.1) is 9.37 Å². The fourth-order valence-electron chi connectivity index (χ4n) is 1.83. The Kier molecular flexibility index (Phi) is 4.63. The Labute approximate surface area is 137 Å². The van der Waals surface area contributed by atoms with Gasteiger partial charge in [-0.15, -0.1) is 0 Å². The Bertz CT molecular complexity index is 783. The van der Waals surface area contributed by atoms with Gasteiger partial charge < -0.3 is 4.74 Å². The lowest BCUT2D eigenvalue weighted by Crippen LogP contribution is -2.11. The normalized spacial score (nSPS) is 11.5. The van der Waals surface area contributed by atoms with Gasteiger partial charge in [-0.2, -0.15) is 0 Å². The molecule has 0 bridgehead atoms. The second-order valence-electron chi connectivity index (χ2n) is 4.61. The van der Waals surface area contributed by atoms with Gasteiger partial charge in [0.1, 0.15) is 11.5 Å². The first kappa shape index (κ1) is 16.3. The topological polar surface area (TPSA) is 69.4 Å². The molecule has 0 aliphatic rings. The van der Waals surface area contributed by atoms with Crippen LogP contribution in [0.5, 0.6) is 11.5 Å². The maximum absolute atomic E-state index is 11.3. The van der Waals surface area contributed by atoms with Gasteiger partial charge in [0, 0.05) is 5.02 Å². The van der Waals surface area contributed by atoms with Crippen molar-refractivity contribution in [3.63, 3.8) is 0 Å². The molecule has 0 aromatic heterocycles. The first-order chi connectivity index (χ1) is 9.68. The van der Waals surface area contributed by atoms with Crippen molar-refractivity contribution < 1.29 is 13.2 Å². The second kappa shape index (κ2) is 5.96. The Morgan fingerprint density at radius 1 is 1.14 bits per heavy atom. The van der Waals surface area contributed by atoms with Crippen LogP contribution in [0.3, 0.4) is 0 Å². The number of hydrogen-bond acceptors (Lipinski definition) is 3. The SMILES string of the molecule is Cc1cc(Oc2ccc(S(N)(=O)=O)cc2Br)cc(C)c1Cl. The molecule has 21 heavy (non-hydrogen) atoms. The van der Waals surface area contributed by atoms with Crippen molar-refractivity contribution in [2.75, 3.05) is 0 Å². The lowest BCUT2D eigenvalue weighted by atomic mass is 10.1. The predicted octanol–water partition coefficient (Wildman–Crippen LogP) is 4.16. The zero-order chi connectivity index (χ0) is 15.8. The highest BCUT2D eigenvalue weighted by atomic mass is 79.9. The number of primary sulfonamides is 1. The number of halogens is 2. The smallest absolute Gasteiger partial charge is 0.238 e. The molecular weight excluding hydrogens is 378 g/mol. The molecule has 0 radical (unpaired) electrons. The Hall–Kier alpha value is -1.08. The summed E-state index contributed by atoms with van der Waals surface area (Å²) in [6.07, 6.45) is 0. The third kappa shape index (κ3) is 3.77. The van der Waals surface area contributed by atoms with Crippen molar-refractivity contribution in [2.24, 2.45) is 5.14 Å². The maximum atomic E-state index is 11.3. The van der Waals surface area contributed by atoms with E-state index < -0.39 is 10.0 Å². The van der Waals surface area contributed by atoms with Crippen LogP contribution in [0.15, 0.2) is 39.7 Å². The van der Waals surface area contributed by atoms with E-state index >= 15 is 0 Å². The van der Waals surface area contributed by atoms with Crippen LogP contribution in [0.1, 0.15) is 11.1 Å². The Morgan fingerprint density at radius 3 is 2.19 bits per heavy atom. The average Bonchev–Trinajstić information content (AvgIpc) is 2.37. The van der Waals surface area contributed by atoms with E-state index in [1.54, 1.807) is 6.07 Å². The lowest BCUT2D eigenvalue weighted by molar-refractivity contribution is 0.478. The van der Waals surface area contributed by atoms with E-state index in [1.165, 1.54) is 12.1 Å². The molecule has 2 aromatic carbocycles. The van der Waals surface area contributed by atoms with Crippen molar-refractivity contribution >= 4 is 37.6 Å². The van der Waals surface area contributed by atoms with Gasteiger partial charge in [-0.1, -0.05) is 11.6 Å². The molecular formula is C14H13BrClNO3S. The number of rotatable bonds is 3. The highest BCUT2D eigenvalue weighted by molar-refractivity contribution is 9.10. The van der Waals surface area contributed by atoms with Crippen molar-refractivity contribution in [3.05, 3.63) is 51.0 Å². The molecule has 7 heteroatoms. The zero-order valence-corrected chi connectivity index (χ0v) is 14.5. The van der Waals surface area contributed by atoms with Gasteiger partial charge in [0.25, 0.3) is 0 Å². The molecule has 0 fully saturated rings. The lowest BCUT2D eigenvalue weighted by Gasteiger charge is -2.11. The van der Waals surface area contributed by atoms with Crippen molar-refractivity contribution in [2.45, 2.75) is 18.7 Å². The third-order valence-electron chi connectivity index (χ3n) is 2.87. The molecule has 2 N–H and O–H groups in total. The molecule has 4 nitrogen and oxygen atoms in total. The summed E-state index contributed by atoms with van der Waals surface area (Å²) < 4.78 is 28.8. The van der Waals surface area contributed by atoms with Gasteiger partial charge in [-0.05, 0) is 71.2 Å². The first-order valence-electron chi connectivity index (χ1n) is 5.95. The van der Waals surface area contributed by atoms with Crippen molar-refractivity contribution in [3.8, 4) is 11.5 Å². The van der Waals surface area contributed by atoms with Crippen LogP contribution in [0.4, 0.5) is 0 Å². The van der Waals surface area contributed by atoms with Crippen LogP contribution in [0.25, 0.3) is 0 Å².